The van der Waals surface area contributed by atoms with E-state index in [0.29, 0.717) is 21.1 Å². The summed E-state index contributed by atoms with van der Waals surface area (Å²) in [5, 5.41) is 3.13. The van der Waals surface area contributed by atoms with Crippen molar-refractivity contribution in [3.8, 4) is 0 Å². The van der Waals surface area contributed by atoms with Crippen LogP contribution in [0.4, 0.5) is 13.2 Å². The van der Waals surface area contributed by atoms with Crippen molar-refractivity contribution in [2.75, 3.05) is 0 Å². The molecular formula is C16H11BrF3N3O. The van der Waals surface area contributed by atoms with Crippen LogP contribution in [0.25, 0.3) is 10.9 Å². The van der Waals surface area contributed by atoms with E-state index in [1.54, 1.807) is 36.4 Å². The number of nitrogens with zero attached hydrogens (tertiary/aromatic N) is 1. The molecule has 1 amide bonds. The molecule has 2 N–H and O–H groups in total. The number of rotatable bonds is 3. The molecule has 3 rings (SSSR count). The molecule has 4 nitrogen and oxygen atoms in total. The monoisotopic (exact) mass is 397 g/mol. The van der Waals surface area contributed by atoms with Crippen LogP contribution in [0, 0.1) is 0 Å². The fourth-order valence-corrected chi connectivity index (χ4v) is 2.60. The number of halogens is 4. The highest BCUT2D eigenvalue weighted by atomic mass is 79.9. The van der Waals surface area contributed by atoms with Gasteiger partial charge in [-0.3, -0.25) is 4.79 Å². The predicted molar refractivity (Wildman–Crippen MR) is 86.4 cm³/mol. The van der Waals surface area contributed by atoms with Gasteiger partial charge in [-0.1, -0.05) is 12.1 Å². The van der Waals surface area contributed by atoms with E-state index >= 15 is 0 Å². The van der Waals surface area contributed by atoms with Gasteiger partial charge in [0, 0.05) is 17.4 Å². The minimum atomic E-state index is -4.42. The van der Waals surface area contributed by atoms with Crippen LogP contribution in [-0.2, 0) is 12.7 Å². The Balaban J connectivity index is 1.74. The van der Waals surface area contributed by atoms with Gasteiger partial charge in [0.15, 0.2) is 0 Å². The number of aromatic nitrogens is 2. The average molecular weight is 398 g/mol. The van der Waals surface area contributed by atoms with Gasteiger partial charge in [-0.25, -0.2) is 4.98 Å². The molecule has 1 aromatic carbocycles. The third-order valence-electron chi connectivity index (χ3n) is 3.39. The molecular weight excluding hydrogens is 387 g/mol. The Hall–Kier alpha value is -2.35. The summed E-state index contributed by atoms with van der Waals surface area (Å²) in [5.41, 5.74) is 0.549. The zero-order valence-corrected chi connectivity index (χ0v) is 13.7. The lowest BCUT2D eigenvalue weighted by molar-refractivity contribution is -0.140. The molecule has 0 aliphatic carbocycles. The molecule has 2 heterocycles. The molecule has 0 fully saturated rings. The fraction of sp³-hybridized carbons (Fsp3) is 0.125. The molecule has 8 heteroatoms. The first-order valence-corrected chi connectivity index (χ1v) is 7.72. The number of amides is 1. The standard InChI is InChI=1S/C16H11BrF3N3O/c17-14-3-1-2-12(23-14)15(24)21-8-9-4-5-11-10(6-9)7-13(22-11)16(18,19)20/h1-7,22H,8H2,(H,21,24). The number of carbonyl (C=O) groups is 1. The summed E-state index contributed by atoms with van der Waals surface area (Å²) in [6.07, 6.45) is -4.42. The smallest absolute Gasteiger partial charge is 0.351 e. The van der Waals surface area contributed by atoms with Gasteiger partial charge in [-0.2, -0.15) is 13.2 Å². The van der Waals surface area contributed by atoms with Crippen LogP contribution in [0.1, 0.15) is 21.7 Å². The normalized spacial score (nSPS) is 11.7. The van der Waals surface area contributed by atoms with E-state index in [9.17, 15) is 18.0 Å². The van der Waals surface area contributed by atoms with E-state index < -0.39 is 11.9 Å². The largest absolute Gasteiger partial charge is 0.431 e. The SMILES string of the molecule is O=C(NCc1ccc2[nH]c(C(F)(F)F)cc2c1)c1cccc(Br)n1. The fourth-order valence-electron chi connectivity index (χ4n) is 2.25. The lowest BCUT2D eigenvalue weighted by Gasteiger charge is -2.05. The van der Waals surface area contributed by atoms with Crippen LogP contribution in [0.3, 0.4) is 0 Å². The van der Waals surface area contributed by atoms with Gasteiger partial charge in [0.05, 0.1) is 0 Å². The topological polar surface area (TPSA) is 57.8 Å². The minimum absolute atomic E-state index is 0.190. The van der Waals surface area contributed by atoms with Gasteiger partial charge in [-0.05, 0) is 51.8 Å². The van der Waals surface area contributed by atoms with E-state index in [-0.39, 0.29) is 18.1 Å². The van der Waals surface area contributed by atoms with Crippen molar-refractivity contribution in [3.05, 3.63) is 64.0 Å². The van der Waals surface area contributed by atoms with Crippen LogP contribution in [0.2, 0.25) is 0 Å². The zero-order valence-electron chi connectivity index (χ0n) is 12.1. The summed E-state index contributed by atoms with van der Waals surface area (Å²) in [7, 11) is 0. The number of H-pyrrole nitrogens is 1. The Morgan fingerprint density at radius 3 is 2.71 bits per heavy atom. The third kappa shape index (κ3) is 3.59. The van der Waals surface area contributed by atoms with Crippen molar-refractivity contribution in [2.24, 2.45) is 0 Å². The molecule has 3 aromatic rings. The quantitative estimate of drug-likeness (QED) is 0.648. The van der Waals surface area contributed by atoms with Gasteiger partial charge >= 0.3 is 6.18 Å². The highest BCUT2D eigenvalue weighted by molar-refractivity contribution is 9.10. The average Bonchev–Trinajstić information content (AvgIpc) is 2.96. The molecule has 0 bridgehead atoms. The Kier molecular flexibility index (Phi) is 4.31. The third-order valence-corrected chi connectivity index (χ3v) is 3.83. The Morgan fingerprint density at radius 2 is 2.00 bits per heavy atom. The molecule has 0 atom stereocenters. The molecule has 0 saturated heterocycles. The van der Waals surface area contributed by atoms with Crippen molar-refractivity contribution in [3.63, 3.8) is 0 Å². The van der Waals surface area contributed by atoms with Crippen LogP contribution in [0.15, 0.2) is 47.1 Å². The Bertz CT molecular complexity index is 905. The summed E-state index contributed by atoms with van der Waals surface area (Å²) >= 11 is 3.19. The number of fused-ring (bicyclic) bond motifs is 1. The highest BCUT2D eigenvalue weighted by Gasteiger charge is 2.32. The maximum atomic E-state index is 12.7. The minimum Gasteiger partial charge on any atom is -0.351 e. The summed E-state index contributed by atoms with van der Waals surface area (Å²) in [5.74, 6) is -0.360. The number of nitrogens with one attached hydrogen (secondary N) is 2. The van der Waals surface area contributed by atoms with Crippen molar-refractivity contribution < 1.29 is 18.0 Å². The van der Waals surface area contributed by atoms with E-state index in [1.165, 1.54) is 0 Å². The molecule has 0 aliphatic rings. The molecule has 0 spiro atoms. The maximum absolute atomic E-state index is 12.7. The molecule has 0 unspecified atom stereocenters. The van der Waals surface area contributed by atoms with Gasteiger partial charge in [0.1, 0.15) is 16.0 Å². The Morgan fingerprint density at radius 1 is 1.21 bits per heavy atom. The van der Waals surface area contributed by atoms with E-state index in [2.05, 4.69) is 31.2 Å². The summed E-state index contributed by atoms with van der Waals surface area (Å²) in [6.45, 7) is 0.190. The van der Waals surface area contributed by atoms with Crippen molar-refractivity contribution in [2.45, 2.75) is 12.7 Å². The summed E-state index contributed by atoms with van der Waals surface area (Å²) in [4.78, 5) is 18.4. The van der Waals surface area contributed by atoms with Crippen molar-refractivity contribution >= 4 is 32.7 Å². The number of alkyl halides is 3. The van der Waals surface area contributed by atoms with Gasteiger partial charge in [0.2, 0.25) is 0 Å². The number of pyridine rings is 1. The first kappa shape index (κ1) is 16.5. The molecule has 0 saturated carbocycles. The van der Waals surface area contributed by atoms with E-state index in [1.807, 2.05) is 0 Å². The second-order valence-corrected chi connectivity index (χ2v) is 5.94. The number of hydrogen-bond donors (Lipinski definition) is 2. The second-order valence-electron chi connectivity index (χ2n) is 5.13. The zero-order chi connectivity index (χ0) is 17.3. The molecule has 124 valence electrons. The lowest BCUT2D eigenvalue weighted by atomic mass is 10.1. The lowest BCUT2D eigenvalue weighted by Crippen LogP contribution is -2.23. The molecule has 0 radical (unpaired) electrons. The predicted octanol–water partition coefficient (Wildman–Crippen LogP) is 4.27. The van der Waals surface area contributed by atoms with E-state index in [4.69, 9.17) is 0 Å². The highest BCUT2D eigenvalue weighted by Crippen LogP contribution is 2.31. The summed E-state index contributed by atoms with van der Waals surface area (Å²) < 4.78 is 38.7. The number of benzene rings is 1. The van der Waals surface area contributed by atoms with Crippen LogP contribution in [0.5, 0.6) is 0 Å². The number of hydrogen-bond acceptors (Lipinski definition) is 2. The first-order chi connectivity index (χ1) is 11.3. The summed E-state index contributed by atoms with van der Waals surface area (Å²) in [6, 6.07) is 10.8. The molecule has 24 heavy (non-hydrogen) atoms. The van der Waals surface area contributed by atoms with Crippen molar-refractivity contribution in [1.29, 1.82) is 0 Å². The molecule has 2 aromatic heterocycles. The first-order valence-electron chi connectivity index (χ1n) is 6.92. The van der Waals surface area contributed by atoms with Crippen LogP contribution in [-0.4, -0.2) is 15.9 Å². The van der Waals surface area contributed by atoms with Crippen LogP contribution < -0.4 is 5.32 Å². The van der Waals surface area contributed by atoms with Crippen molar-refractivity contribution in [1.82, 2.24) is 15.3 Å². The van der Waals surface area contributed by atoms with Crippen LogP contribution >= 0.6 is 15.9 Å². The molecule has 0 aliphatic heterocycles. The van der Waals surface area contributed by atoms with Gasteiger partial charge in [0.25, 0.3) is 5.91 Å². The van der Waals surface area contributed by atoms with Gasteiger partial charge in [-0.15, -0.1) is 0 Å². The van der Waals surface area contributed by atoms with E-state index in [0.717, 1.165) is 6.07 Å². The number of aromatic amines is 1. The Labute approximate surface area is 143 Å². The maximum Gasteiger partial charge on any atom is 0.431 e. The number of carbonyl (C=O) groups excluding carboxylic acids is 1. The second kappa shape index (κ2) is 6.27. The van der Waals surface area contributed by atoms with Gasteiger partial charge < -0.3 is 10.3 Å².